The van der Waals surface area contributed by atoms with Crippen molar-refractivity contribution in [1.29, 1.82) is 0 Å². The fourth-order valence-electron chi connectivity index (χ4n) is 9.10. The first-order valence-corrected chi connectivity index (χ1v) is 29.9. The molecule has 7 aromatic rings. The number of hydrogen-bond acceptors (Lipinski definition) is 10. The van der Waals surface area contributed by atoms with Gasteiger partial charge in [-0.2, -0.15) is 0 Å². The summed E-state index contributed by atoms with van der Waals surface area (Å²) in [6.45, 7) is 15.2. The second kappa shape index (κ2) is 25.5. The summed E-state index contributed by atoms with van der Waals surface area (Å²) >= 11 is 0.0819. The monoisotopic (exact) mass is 1080 g/mol. The average molecular weight is 1080 g/mol. The summed E-state index contributed by atoms with van der Waals surface area (Å²) in [7, 11) is 0.109. The first-order valence-electron chi connectivity index (χ1n) is 24.0. The fourth-order valence-corrected chi connectivity index (χ4v) is 19.8. The Hall–Kier alpha value is -6.45. The Morgan fingerprint density at radius 3 is 1.16 bits per heavy atom. The fraction of sp³-hybridized carbons (Fsp3) is 0.267. The van der Waals surface area contributed by atoms with Crippen LogP contribution in [0.2, 0.25) is 10.1 Å². The van der Waals surface area contributed by atoms with E-state index in [2.05, 4.69) is 126 Å². The van der Waals surface area contributed by atoms with Crippen LogP contribution in [0.3, 0.4) is 0 Å². The molecule has 0 bridgehead atoms. The van der Waals surface area contributed by atoms with Gasteiger partial charge in [0.2, 0.25) is 0 Å². The van der Waals surface area contributed by atoms with E-state index in [1.807, 2.05) is 91.9 Å². The zero-order valence-electron chi connectivity index (χ0n) is 43.9. The standard InChI is InChI=1S/C33H36O5SeSi.C27H32O5Si/c1-33(2,3)40(28-17-11-7-12-18-28,29-19-13-8-14-20-29)38-26-21-25(23-39-27-15-9-6-10-16-27)31(32(34)36-5)30(22-26)37-24-35-4;1-20-17-21(18-24(31-19-29-5)25(20)26(28)30-6)32-33(27(2,3)4,22-13-9-7-10-14-22)23-15-11-8-12-16-23/h6-22H,23-24H2,1-5H3;7-18H,19H2,1-6H3. The van der Waals surface area contributed by atoms with E-state index in [9.17, 15) is 9.59 Å². The number of hydrogen-bond donors (Lipinski definition) is 0. The molecule has 0 amide bonds. The molecule has 0 unspecified atom stereocenters. The van der Waals surface area contributed by atoms with Crippen LogP contribution in [0.1, 0.15) is 73.4 Å². The molecule has 7 rings (SSSR count). The second-order valence-electron chi connectivity index (χ2n) is 19.3. The molecule has 0 N–H and O–H groups in total. The summed E-state index contributed by atoms with van der Waals surface area (Å²) in [5.74, 6) is 1.16. The van der Waals surface area contributed by atoms with E-state index in [0.29, 0.717) is 45.0 Å². The Bertz CT molecular complexity index is 2780. The third-order valence-electron chi connectivity index (χ3n) is 12.4. The van der Waals surface area contributed by atoms with Gasteiger partial charge in [-0.25, -0.2) is 4.79 Å². The quantitative estimate of drug-likeness (QED) is 0.0442. The van der Waals surface area contributed by atoms with Crippen molar-refractivity contribution < 1.29 is 46.9 Å². The molecule has 0 spiro atoms. The molecule has 0 saturated carbocycles. The molecule has 0 saturated heterocycles. The van der Waals surface area contributed by atoms with Crippen molar-refractivity contribution >= 4 is 68.7 Å². The normalized spacial score (nSPS) is 11.7. The Kier molecular flexibility index (Phi) is 19.5. The summed E-state index contributed by atoms with van der Waals surface area (Å²) < 4.78 is 47.8. The summed E-state index contributed by atoms with van der Waals surface area (Å²) in [4.78, 5) is 25.5. The summed E-state index contributed by atoms with van der Waals surface area (Å²) in [6.07, 6.45) is 0. The molecule has 0 radical (unpaired) electrons. The maximum atomic E-state index is 13.1. The van der Waals surface area contributed by atoms with Crippen LogP contribution in [0.15, 0.2) is 176 Å². The third kappa shape index (κ3) is 13.0. The van der Waals surface area contributed by atoms with Gasteiger partial charge >= 0.3 is 260 Å². The SMILES string of the molecule is COCOc1cc(O[Si](c2ccccc2)(c2ccccc2)C(C)(C)C)cc(C)c1C(=O)OC.COCOc1cc(O[Si](c2ccccc2)(c2ccccc2)C(C)(C)C)cc(C[Se]c2ccccc2)c1C(=O)OC. The molecule has 0 fully saturated rings. The van der Waals surface area contributed by atoms with E-state index in [1.165, 1.54) is 36.2 Å². The molecular formula is C60H68O10SeSi2. The van der Waals surface area contributed by atoms with E-state index in [-0.39, 0.29) is 38.6 Å². The summed E-state index contributed by atoms with van der Waals surface area (Å²) in [6, 6.07) is 59.5. The molecule has 10 nitrogen and oxygen atoms in total. The first-order chi connectivity index (χ1) is 35.0. The van der Waals surface area contributed by atoms with Gasteiger partial charge in [0.05, 0.1) is 7.11 Å². The van der Waals surface area contributed by atoms with Crippen LogP contribution in [0, 0.1) is 6.92 Å². The molecule has 7 aromatic carbocycles. The van der Waals surface area contributed by atoms with Crippen molar-refractivity contribution in [3.05, 3.63) is 198 Å². The molecule has 0 aliphatic heterocycles. The van der Waals surface area contributed by atoms with Crippen LogP contribution in [0.5, 0.6) is 23.0 Å². The van der Waals surface area contributed by atoms with Crippen molar-refractivity contribution in [3.63, 3.8) is 0 Å². The molecule has 382 valence electrons. The van der Waals surface area contributed by atoms with Crippen molar-refractivity contribution in [2.75, 3.05) is 42.0 Å². The predicted octanol–water partition coefficient (Wildman–Crippen LogP) is 9.63. The number of methoxy groups -OCH3 is 4. The Morgan fingerprint density at radius 2 is 0.808 bits per heavy atom. The van der Waals surface area contributed by atoms with Gasteiger partial charge in [0.15, 0.2) is 6.79 Å². The van der Waals surface area contributed by atoms with Crippen LogP contribution in [-0.4, -0.2) is 85.6 Å². The number of aryl methyl sites for hydroxylation is 1. The van der Waals surface area contributed by atoms with E-state index in [1.54, 1.807) is 13.2 Å². The molecule has 0 atom stereocenters. The summed E-state index contributed by atoms with van der Waals surface area (Å²) in [5, 5.41) is 4.91. The van der Waals surface area contributed by atoms with Crippen LogP contribution in [-0.2, 0) is 24.3 Å². The minimum atomic E-state index is -2.90. The van der Waals surface area contributed by atoms with Gasteiger partial charge in [-0.05, 0) is 34.0 Å². The zero-order chi connectivity index (χ0) is 52.7. The number of carbonyl (C=O) groups excluding carboxylic acids is 2. The molecule has 0 heterocycles. The third-order valence-corrected chi connectivity index (χ3v) is 24.5. The van der Waals surface area contributed by atoms with Crippen molar-refractivity contribution in [1.82, 2.24) is 0 Å². The van der Waals surface area contributed by atoms with Gasteiger partial charge in [-0.1, -0.05) is 81.4 Å². The van der Waals surface area contributed by atoms with Gasteiger partial charge in [-0.3, -0.25) is 0 Å². The van der Waals surface area contributed by atoms with Gasteiger partial charge in [0.25, 0.3) is 0 Å². The van der Waals surface area contributed by atoms with Crippen molar-refractivity contribution in [3.8, 4) is 23.0 Å². The van der Waals surface area contributed by atoms with Crippen LogP contribution in [0.4, 0.5) is 0 Å². The van der Waals surface area contributed by atoms with Crippen molar-refractivity contribution in [2.24, 2.45) is 0 Å². The number of benzene rings is 7. The Morgan fingerprint density at radius 1 is 0.466 bits per heavy atom. The molecular weight excluding hydrogens is 1020 g/mol. The molecule has 0 aromatic heterocycles. The van der Waals surface area contributed by atoms with Gasteiger partial charge in [0.1, 0.15) is 17.1 Å². The second-order valence-corrected chi connectivity index (χ2v) is 29.9. The average Bonchev–Trinajstić information content (AvgIpc) is 3.40. The zero-order valence-corrected chi connectivity index (χ0v) is 47.6. The predicted molar refractivity (Wildman–Crippen MR) is 297 cm³/mol. The van der Waals surface area contributed by atoms with Crippen LogP contribution < -0.4 is 43.5 Å². The van der Waals surface area contributed by atoms with E-state index >= 15 is 0 Å². The number of rotatable bonds is 19. The van der Waals surface area contributed by atoms with Crippen LogP contribution in [0.25, 0.3) is 0 Å². The minimum absolute atomic E-state index is 0.00404. The van der Waals surface area contributed by atoms with Gasteiger partial charge < -0.3 is 18.6 Å². The van der Waals surface area contributed by atoms with Gasteiger partial charge in [-0.15, -0.1) is 0 Å². The number of esters is 2. The Balaban J connectivity index is 0.000000243. The number of ether oxygens (including phenoxy) is 6. The van der Waals surface area contributed by atoms with Gasteiger partial charge in [0, 0.05) is 13.2 Å². The first kappa shape index (κ1) is 55.9. The molecule has 73 heavy (non-hydrogen) atoms. The van der Waals surface area contributed by atoms with Crippen molar-refractivity contribution in [2.45, 2.75) is 63.9 Å². The maximum absolute atomic E-state index is 13.1. The molecule has 0 aliphatic rings. The van der Waals surface area contributed by atoms with E-state index in [0.717, 1.165) is 15.9 Å². The Labute approximate surface area is 440 Å². The number of carbonyl (C=O) groups is 2. The van der Waals surface area contributed by atoms with Crippen LogP contribution >= 0.6 is 0 Å². The molecule has 13 heteroatoms. The topological polar surface area (TPSA) is 108 Å². The molecule has 0 aliphatic carbocycles. The van der Waals surface area contributed by atoms with E-state index < -0.39 is 28.6 Å². The summed E-state index contributed by atoms with van der Waals surface area (Å²) in [5.41, 5.74) is 2.32. The van der Waals surface area contributed by atoms with E-state index in [4.69, 9.17) is 37.3 Å².